The average molecular weight is 207 g/mol. The first kappa shape index (κ1) is 10.2. The summed E-state index contributed by atoms with van der Waals surface area (Å²) in [6, 6.07) is 2.44. The molecule has 0 aliphatic heterocycles. The molecule has 1 aromatic heterocycles. The molecule has 0 atom stereocenters. The molecule has 0 radical (unpaired) electrons. The van der Waals surface area contributed by atoms with E-state index in [1.54, 1.807) is 0 Å². The molecule has 15 heavy (non-hydrogen) atoms. The number of carbonyl (C=O) groups excluding carboxylic acids is 1. The van der Waals surface area contributed by atoms with E-state index in [2.05, 4.69) is 0 Å². The summed E-state index contributed by atoms with van der Waals surface area (Å²) in [7, 11) is 1.88. The monoisotopic (exact) mass is 207 g/mol. The smallest absolute Gasteiger partial charge is 0.242 e. The van der Waals surface area contributed by atoms with Crippen molar-refractivity contribution in [2.75, 3.05) is 7.05 Å². The molecule has 1 aromatic rings. The van der Waals surface area contributed by atoms with Crippen molar-refractivity contribution in [1.29, 1.82) is 0 Å². The van der Waals surface area contributed by atoms with Crippen molar-refractivity contribution in [3.05, 3.63) is 24.0 Å². The minimum Gasteiger partial charge on any atom is -0.345 e. The van der Waals surface area contributed by atoms with Gasteiger partial charge in [-0.15, -0.1) is 0 Å². The second kappa shape index (κ2) is 4.06. The number of amides is 1. The van der Waals surface area contributed by atoms with E-state index >= 15 is 0 Å². The van der Waals surface area contributed by atoms with Gasteiger partial charge in [0.25, 0.3) is 0 Å². The summed E-state index contributed by atoms with van der Waals surface area (Å²) < 4.78 is 1.89. The molecule has 0 spiro atoms. The van der Waals surface area contributed by atoms with E-state index in [4.69, 9.17) is 5.73 Å². The summed E-state index contributed by atoms with van der Waals surface area (Å²) in [6.45, 7) is 0.951. The van der Waals surface area contributed by atoms with Crippen LogP contribution in [0, 0.1) is 0 Å². The fourth-order valence-corrected chi connectivity index (χ4v) is 1.64. The Balaban J connectivity index is 1.92. The predicted octanol–water partition coefficient (Wildman–Crippen LogP) is 0.568. The van der Waals surface area contributed by atoms with Gasteiger partial charge in [0.2, 0.25) is 5.91 Å². The highest BCUT2D eigenvalue weighted by atomic mass is 16.2. The number of likely N-dealkylation sites (N-methyl/N-ethyl adjacent to an activating group) is 1. The summed E-state index contributed by atoms with van der Waals surface area (Å²) in [5.41, 5.74) is 6.57. The molecule has 1 fully saturated rings. The van der Waals surface area contributed by atoms with Gasteiger partial charge in [0.15, 0.2) is 0 Å². The van der Waals surface area contributed by atoms with Gasteiger partial charge in [0.1, 0.15) is 6.54 Å². The maximum Gasteiger partial charge on any atom is 0.242 e. The van der Waals surface area contributed by atoms with Gasteiger partial charge in [-0.25, -0.2) is 0 Å². The molecule has 2 rings (SSSR count). The van der Waals surface area contributed by atoms with Crippen LogP contribution in [-0.2, 0) is 17.9 Å². The maximum absolute atomic E-state index is 11.8. The third-order valence-corrected chi connectivity index (χ3v) is 2.85. The second-order valence-corrected chi connectivity index (χ2v) is 4.13. The van der Waals surface area contributed by atoms with Gasteiger partial charge >= 0.3 is 0 Å². The Hall–Kier alpha value is -1.29. The fourth-order valence-electron chi connectivity index (χ4n) is 1.64. The van der Waals surface area contributed by atoms with Crippen LogP contribution in [0.1, 0.15) is 18.4 Å². The quantitative estimate of drug-likeness (QED) is 0.784. The standard InChI is InChI=1S/C11H17N3O/c1-13(10-2-3-10)11(15)8-14-5-4-9(6-12)7-14/h4-5,7,10H,2-3,6,8,12H2,1H3. The van der Waals surface area contributed by atoms with Crippen molar-refractivity contribution in [3.8, 4) is 0 Å². The Labute approximate surface area is 89.7 Å². The van der Waals surface area contributed by atoms with Crippen LogP contribution in [0.5, 0.6) is 0 Å². The zero-order valence-electron chi connectivity index (χ0n) is 9.02. The van der Waals surface area contributed by atoms with Crippen LogP contribution in [0.15, 0.2) is 18.5 Å². The Bertz CT molecular complexity index is 354. The Kier molecular flexibility index (Phi) is 2.77. The van der Waals surface area contributed by atoms with Crippen LogP contribution in [0.2, 0.25) is 0 Å². The number of hydrogen-bond acceptors (Lipinski definition) is 2. The minimum absolute atomic E-state index is 0.177. The number of nitrogens with two attached hydrogens (primary N) is 1. The normalized spacial score (nSPS) is 15.3. The molecular weight excluding hydrogens is 190 g/mol. The van der Waals surface area contributed by atoms with Gasteiger partial charge in [0, 0.05) is 32.0 Å². The molecule has 1 heterocycles. The van der Waals surface area contributed by atoms with Gasteiger partial charge in [0.05, 0.1) is 0 Å². The number of carbonyl (C=O) groups is 1. The lowest BCUT2D eigenvalue weighted by Gasteiger charge is -2.16. The van der Waals surface area contributed by atoms with Gasteiger partial charge in [-0.1, -0.05) is 0 Å². The Morgan fingerprint density at radius 1 is 1.67 bits per heavy atom. The molecule has 1 aliphatic rings. The van der Waals surface area contributed by atoms with Crippen LogP contribution in [0.25, 0.3) is 0 Å². The number of nitrogens with zero attached hydrogens (tertiary/aromatic N) is 2. The average Bonchev–Trinajstić information content (AvgIpc) is 2.98. The van der Waals surface area contributed by atoms with E-state index in [1.807, 2.05) is 35.0 Å². The highest BCUT2D eigenvalue weighted by Gasteiger charge is 2.29. The zero-order chi connectivity index (χ0) is 10.8. The topological polar surface area (TPSA) is 51.3 Å². The van der Waals surface area contributed by atoms with E-state index < -0.39 is 0 Å². The Morgan fingerprint density at radius 2 is 2.40 bits per heavy atom. The van der Waals surface area contributed by atoms with E-state index in [0.717, 1.165) is 18.4 Å². The first-order valence-electron chi connectivity index (χ1n) is 5.31. The van der Waals surface area contributed by atoms with Crippen LogP contribution < -0.4 is 5.73 Å². The summed E-state index contributed by atoms with van der Waals surface area (Å²) in [4.78, 5) is 13.6. The minimum atomic E-state index is 0.177. The van der Waals surface area contributed by atoms with E-state index in [1.165, 1.54) is 0 Å². The van der Waals surface area contributed by atoms with E-state index in [0.29, 0.717) is 19.1 Å². The largest absolute Gasteiger partial charge is 0.345 e. The van der Waals surface area contributed by atoms with Crippen molar-refractivity contribution < 1.29 is 4.79 Å². The van der Waals surface area contributed by atoms with Crippen LogP contribution in [-0.4, -0.2) is 28.5 Å². The summed E-state index contributed by atoms with van der Waals surface area (Å²) >= 11 is 0. The van der Waals surface area contributed by atoms with Gasteiger partial charge in [-0.2, -0.15) is 0 Å². The molecule has 0 saturated heterocycles. The first-order chi connectivity index (χ1) is 7.20. The van der Waals surface area contributed by atoms with Gasteiger partial charge < -0.3 is 15.2 Å². The molecule has 0 unspecified atom stereocenters. The van der Waals surface area contributed by atoms with Gasteiger partial charge in [-0.3, -0.25) is 4.79 Å². The highest BCUT2D eigenvalue weighted by Crippen LogP contribution is 2.25. The molecule has 1 saturated carbocycles. The van der Waals surface area contributed by atoms with Crippen LogP contribution in [0.3, 0.4) is 0 Å². The molecule has 1 aliphatic carbocycles. The van der Waals surface area contributed by atoms with Gasteiger partial charge in [-0.05, 0) is 24.5 Å². The van der Waals surface area contributed by atoms with Crippen molar-refractivity contribution in [2.24, 2.45) is 5.73 Å². The molecule has 1 amide bonds. The number of hydrogen-bond donors (Lipinski definition) is 1. The first-order valence-corrected chi connectivity index (χ1v) is 5.31. The van der Waals surface area contributed by atoms with Crippen LogP contribution in [0.4, 0.5) is 0 Å². The number of aromatic nitrogens is 1. The fraction of sp³-hybridized carbons (Fsp3) is 0.545. The van der Waals surface area contributed by atoms with E-state index in [9.17, 15) is 4.79 Å². The second-order valence-electron chi connectivity index (χ2n) is 4.13. The van der Waals surface area contributed by atoms with Crippen molar-refractivity contribution >= 4 is 5.91 Å². The SMILES string of the molecule is CN(C(=O)Cn1ccc(CN)c1)C1CC1. The lowest BCUT2D eigenvalue weighted by molar-refractivity contribution is -0.131. The summed E-state index contributed by atoms with van der Waals surface area (Å²) in [5.74, 6) is 0.177. The van der Waals surface area contributed by atoms with E-state index in [-0.39, 0.29) is 5.91 Å². The van der Waals surface area contributed by atoms with Crippen LogP contribution >= 0.6 is 0 Å². The van der Waals surface area contributed by atoms with Crippen molar-refractivity contribution in [3.63, 3.8) is 0 Å². The lowest BCUT2D eigenvalue weighted by Crippen LogP contribution is -2.31. The number of rotatable bonds is 4. The summed E-state index contributed by atoms with van der Waals surface area (Å²) in [6.07, 6.45) is 6.14. The molecule has 82 valence electrons. The third kappa shape index (κ3) is 2.39. The molecule has 0 aromatic carbocycles. The molecular formula is C11H17N3O. The Morgan fingerprint density at radius 3 is 2.93 bits per heavy atom. The molecule has 4 nitrogen and oxygen atoms in total. The zero-order valence-corrected chi connectivity index (χ0v) is 9.02. The predicted molar refractivity (Wildman–Crippen MR) is 58.1 cm³/mol. The molecule has 4 heteroatoms. The highest BCUT2D eigenvalue weighted by molar-refractivity contribution is 5.76. The maximum atomic E-state index is 11.8. The third-order valence-electron chi connectivity index (χ3n) is 2.85. The summed E-state index contributed by atoms with van der Waals surface area (Å²) in [5, 5.41) is 0. The molecule has 0 bridgehead atoms. The lowest BCUT2D eigenvalue weighted by atomic mass is 10.3. The van der Waals surface area contributed by atoms with Crippen molar-refractivity contribution in [2.45, 2.75) is 32.0 Å². The molecule has 2 N–H and O–H groups in total. The van der Waals surface area contributed by atoms with Crippen molar-refractivity contribution in [1.82, 2.24) is 9.47 Å².